The molecule has 1 aromatic carbocycles. The van der Waals surface area contributed by atoms with Gasteiger partial charge >= 0.3 is 5.97 Å². The standard InChI is InChI=1S/C11H9FN4O2/c12-5-6-18-11(17)9-3-1-8(2-4-9)10-15-13-7-14-16-10/h1-4,7H,5-6H2. The molecule has 0 aliphatic rings. The van der Waals surface area contributed by atoms with Crippen LogP contribution in [0.2, 0.25) is 0 Å². The number of aromatic nitrogens is 4. The van der Waals surface area contributed by atoms with Crippen LogP contribution < -0.4 is 0 Å². The van der Waals surface area contributed by atoms with Gasteiger partial charge in [0, 0.05) is 5.56 Å². The Hall–Kier alpha value is -2.44. The van der Waals surface area contributed by atoms with Crippen molar-refractivity contribution in [2.45, 2.75) is 0 Å². The topological polar surface area (TPSA) is 77.9 Å². The van der Waals surface area contributed by atoms with E-state index in [4.69, 9.17) is 0 Å². The Morgan fingerprint density at radius 2 is 1.83 bits per heavy atom. The van der Waals surface area contributed by atoms with Crippen molar-refractivity contribution in [3.63, 3.8) is 0 Å². The molecule has 2 rings (SSSR count). The number of nitrogens with zero attached hydrogens (tertiary/aromatic N) is 4. The first-order chi connectivity index (χ1) is 8.81. The van der Waals surface area contributed by atoms with E-state index in [2.05, 4.69) is 25.1 Å². The first-order valence-corrected chi connectivity index (χ1v) is 5.15. The molecule has 0 N–H and O–H groups in total. The molecule has 0 spiro atoms. The highest BCUT2D eigenvalue weighted by molar-refractivity contribution is 5.89. The Bertz CT molecular complexity index is 518. The predicted molar refractivity (Wildman–Crippen MR) is 59.3 cm³/mol. The summed E-state index contributed by atoms with van der Waals surface area (Å²) in [4.78, 5) is 11.4. The van der Waals surface area contributed by atoms with Gasteiger partial charge < -0.3 is 4.74 Å². The number of carbonyl (C=O) groups excluding carboxylic acids is 1. The second-order valence-electron chi connectivity index (χ2n) is 3.27. The zero-order valence-electron chi connectivity index (χ0n) is 9.28. The van der Waals surface area contributed by atoms with Gasteiger partial charge in [-0.25, -0.2) is 9.18 Å². The van der Waals surface area contributed by atoms with Gasteiger partial charge in [0.25, 0.3) is 0 Å². The van der Waals surface area contributed by atoms with Crippen LogP contribution in [0.5, 0.6) is 0 Å². The minimum Gasteiger partial charge on any atom is -0.459 e. The average Bonchev–Trinajstić information content (AvgIpc) is 2.46. The van der Waals surface area contributed by atoms with Gasteiger partial charge in [0.1, 0.15) is 13.3 Å². The molecule has 0 saturated heterocycles. The van der Waals surface area contributed by atoms with Gasteiger partial charge in [-0.3, -0.25) is 0 Å². The highest BCUT2D eigenvalue weighted by Gasteiger charge is 2.08. The molecule has 0 bridgehead atoms. The number of halogens is 1. The SMILES string of the molecule is O=C(OCCF)c1ccc(-c2nncnn2)cc1. The lowest BCUT2D eigenvalue weighted by Crippen LogP contribution is -2.07. The maximum absolute atomic E-state index is 11.8. The van der Waals surface area contributed by atoms with Gasteiger partial charge in [-0.15, -0.1) is 20.4 Å². The van der Waals surface area contributed by atoms with E-state index >= 15 is 0 Å². The lowest BCUT2D eigenvalue weighted by Gasteiger charge is -2.02. The molecule has 0 atom stereocenters. The van der Waals surface area contributed by atoms with Crippen LogP contribution in [0, 0.1) is 0 Å². The zero-order valence-corrected chi connectivity index (χ0v) is 9.28. The summed E-state index contributed by atoms with van der Waals surface area (Å²) in [6, 6.07) is 6.38. The van der Waals surface area contributed by atoms with Crippen molar-refractivity contribution >= 4 is 5.97 Å². The predicted octanol–water partition coefficient (Wildman–Crippen LogP) is 1.06. The van der Waals surface area contributed by atoms with E-state index in [-0.39, 0.29) is 6.61 Å². The number of rotatable bonds is 4. The number of benzene rings is 1. The fourth-order valence-electron chi connectivity index (χ4n) is 1.29. The minimum atomic E-state index is -0.695. The number of carbonyl (C=O) groups is 1. The van der Waals surface area contributed by atoms with Gasteiger partial charge in [-0.2, -0.15) is 0 Å². The Labute approximate surface area is 102 Å². The van der Waals surface area contributed by atoms with E-state index in [1.165, 1.54) is 6.33 Å². The van der Waals surface area contributed by atoms with Gasteiger partial charge in [0.05, 0.1) is 5.56 Å². The van der Waals surface area contributed by atoms with Crippen molar-refractivity contribution in [3.05, 3.63) is 36.2 Å². The molecule has 92 valence electrons. The van der Waals surface area contributed by atoms with Crippen LogP contribution >= 0.6 is 0 Å². The first-order valence-electron chi connectivity index (χ1n) is 5.15. The average molecular weight is 248 g/mol. The Morgan fingerprint density at radius 1 is 1.17 bits per heavy atom. The number of hydrogen-bond acceptors (Lipinski definition) is 6. The molecule has 7 heteroatoms. The van der Waals surface area contributed by atoms with Crippen molar-refractivity contribution in [2.24, 2.45) is 0 Å². The summed E-state index contributed by atoms with van der Waals surface area (Å²) in [5.41, 5.74) is 1.02. The summed E-state index contributed by atoms with van der Waals surface area (Å²) >= 11 is 0. The van der Waals surface area contributed by atoms with E-state index in [0.29, 0.717) is 17.0 Å². The summed E-state index contributed by atoms with van der Waals surface area (Å²) in [5.74, 6) is -0.203. The molecular weight excluding hydrogens is 239 g/mol. The lowest BCUT2D eigenvalue weighted by atomic mass is 10.1. The van der Waals surface area contributed by atoms with Crippen molar-refractivity contribution in [1.29, 1.82) is 0 Å². The maximum Gasteiger partial charge on any atom is 0.338 e. The number of ether oxygens (including phenoxy) is 1. The van der Waals surface area contributed by atoms with Crippen LogP contribution in [-0.2, 0) is 4.74 Å². The van der Waals surface area contributed by atoms with Gasteiger partial charge in [0.15, 0.2) is 6.33 Å². The summed E-state index contributed by atoms with van der Waals surface area (Å²) in [6.45, 7) is -0.935. The van der Waals surface area contributed by atoms with Crippen LogP contribution in [0.1, 0.15) is 10.4 Å². The summed E-state index contributed by atoms with van der Waals surface area (Å²) in [7, 11) is 0. The summed E-state index contributed by atoms with van der Waals surface area (Å²) in [5, 5.41) is 14.8. The Kier molecular flexibility index (Phi) is 3.85. The Morgan fingerprint density at radius 3 is 2.44 bits per heavy atom. The third kappa shape index (κ3) is 2.82. The van der Waals surface area contributed by atoms with Crippen LogP contribution in [0.4, 0.5) is 4.39 Å². The Balaban J connectivity index is 2.13. The largest absolute Gasteiger partial charge is 0.459 e. The molecule has 0 aliphatic heterocycles. The van der Waals surface area contributed by atoms with Gasteiger partial charge in [-0.1, -0.05) is 12.1 Å². The molecule has 1 aromatic heterocycles. The highest BCUT2D eigenvalue weighted by atomic mass is 19.1. The van der Waals surface area contributed by atoms with Crippen molar-refractivity contribution < 1.29 is 13.9 Å². The van der Waals surface area contributed by atoms with Crippen molar-refractivity contribution in [1.82, 2.24) is 20.4 Å². The molecule has 0 unspecified atom stereocenters. The van der Waals surface area contributed by atoms with Crippen LogP contribution in [0.3, 0.4) is 0 Å². The summed E-state index contributed by atoms with van der Waals surface area (Å²) < 4.78 is 16.5. The van der Waals surface area contributed by atoms with E-state index in [9.17, 15) is 9.18 Å². The minimum absolute atomic E-state index is 0.240. The second-order valence-corrected chi connectivity index (χ2v) is 3.27. The summed E-state index contributed by atoms with van der Waals surface area (Å²) in [6.07, 6.45) is 1.23. The molecule has 2 aromatic rings. The van der Waals surface area contributed by atoms with Gasteiger partial charge in [-0.05, 0) is 12.1 Å². The first kappa shape index (κ1) is 12.0. The lowest BCUT2D eigenvalue weighted by molar-refractivity contribution is 0.0481. The molecule has 0 amide bonds. The molecule has 0 fully saturated rings. The maximum atomic E-state index is 11.8. The van der Waals surface area contributed by atoms with E-state index in [1.54, 1.807) is 24.3 Å². The molecule has 0 aliphatic carbocycles. The van der Waals surface area contributed by atoms with Crippen LogP contribution in [-0.4, -0.2) is 39.6 Å². The normalized spacial score (nSPS) is 10.1. The highest BCUT2D eigenvalue weighted by Crippen LogP contribution is 2.14. The monoisotopic (exact) mass is 248 g/mol. The molecule has 0 radical (unpaired) electrons. The van der Waals surface area contributed by atoms with Crippen molar-refractivity contribution in [3.8, 4) is 11.4 Å². The number of esters is 1. The van der Waals surface area contributed by atoms with Crippen molar-refractivity contribution in [2.75, 3.05) is 13.3 Å². The fraction of sp³-hybridized carbons (Fsp3) is 0.182. The fourth-order valence-corrected chi connectivity index (χ4v) is 1.29. The molecule has 6 nitrogen and oxygen atoms in total. The van der Waals surface area contributed by atoms with Gasteiger partial charge in [0.2, 0.25) is 5.82 Å². The third-order valence-electron chi connectivity index (χ3n) is 2.10. The number of hydrogen-bond donors (Lipinski definition) is 0. The molecule has 1 heterocycles. The third-order valence-corrected chi connectivity index (χ3v) is 2.10. The number of alkyl halides is 1. The van der Waals surface area contributed by atoms with Crippen LogP contribution in [0.15, 0.2) is 30.6 Å². The second kappa shape index (κ2) is 5.76. The zero-order chi connectivity index (χ0) is 12.8. The quantitative estimate of drug-likeness (QED) is 0.753. The van der Waals surface area contributed by atoms with Crippen LogP contribution in [0.25, 0.3) is 11.4 Å². The molecule has 18 heavy (non-hydrogen) atoms. The van der Waals surface area contributed by atoms with E-state index < -0.39 is 12.6 Å². The van der Waals surface area contributed by atoms with E-state index in [1.807, 2.05) is 0 Å². The van der Waals surface area contributed by atoms with E-state index in [0.717, 1.165) is 0 Å². The molecular formula is C11H9FN4O2. The molecule has 0 saturated carbocycles. The smallest absolute Gasteiger partial charge is 0.338 e.